The first-order valence-electron chi connectivity index (χ1n) is 10.1. The lowest BCUT2D eigenvalue weighted by atomic mass is 10.2. The highest BCUT2D eigenvalue weighted by atomic mass is 35.5. The number of benzene rings is 1. The topological polar surface area (TPSA) is 83.7 Å². The molecule has 2 aromatic rings. The second-order valence-electron chi connectivity index (χ2n) is 8.11. The second-order valence-corrected chi connectivity index (χ2v) is 8.55. The van der Waals surface area contributed by atoms with Gasteiger partial charge >= 0.3 is 11.7 Å². The van der Waals surface area contributed by atoms with Gasteiger partial charge in [0.25, 0.3) is 0 Å². The Morgan fingerprint density at radius 1 is 1.10 bits per heavy atom. The van der Waals surface area contributed by atoms with Crippen LogP contribution >= 0.6 is 11.6 Å². The van der Waals surface area contributed by atoms with E-state index in [2.05, 4.69) is 23.8 Å². The number of carbonyl (C=O) groups excluding carboxylic acids is 2. The van der Waals surface area contributed by atoms with E-state index >= 15 is 0 Å². The van der Waals surface area contributed by atoms with Gasteiger partial charge in [0.1, 0.15) is 6.54 Å². The summed E-state index contributed by atoms with van der Waals surface area (Å²) in [7, 11) is 0. The summed E-state index contributed by atoms with van der Waals surface area (Å²) in [5.74, 6) is 0.762. The summed E-state index contributed by atoms with van der Waals surface area (Å²) >= 11 is 5.90. The number of hydrogen-bond donors (Lipinski definition) is 0. The monoisotopic (exact) mass is 432 g/mol. The molecular formula is C20H25ClN6O3. The third-order valence-corrected chi connectivity index (χ3v) is 5.65. The van der Waals surface area contributed by atoms with E-state index in [0.717, 1.165) is 28.9 Å². The summed E-state index contributed by atoms with van der Waals surface area (Å²) in [4.78, 5) is 43.7. The summed E-state index contributed by atoms with van der Waals surface area (Å²) in [5.41, 5.74) is 0.0504. The first-order chi connectivity index (χ1) is 14.3. The van der Waals surface area contributed by atoms with E-state index in [9.17, 15) is 14.4 Å². The van der Waals surface area contributed by atoms with Crippen molar-refractivity contribution in [3.05, 3.63) is 45.6 Å². The Labute approximate surface area is 179 Å². The van der Waals surface area contributed by atoms with Crippen LogP contribution in [0, 0.1) is 5.92 Å². The Morgan fingerprint density at radius 2 is 1.77 bits per heavy atom. The van der Waals surface area contributed by atoms with Gasteiger partial charge in [-0.2, -0.15) is 9.67 Å². The average Bonchev–Trinajstić information content (AvgIpc) is 3.19. The lowest BCUT2D eigenvalue weighted by Crippen LogP contribution is -2.50. The molecule has 1 saturated heterocycles. The smallest absolute Gasteiger partial charge is 0.339 e. The lowest BCUT2D eigenvalue weighted by molar-refractivity contribution is -0.133. The second kappa shape index (κ2) is 8.23. The van der Waals surface area contributed by atoms with Crippen molar-refractivity contribution in [2.24, 2.45) is 5.92 Å². The fourth-order valence-electron chi connectivity index (χ4n) is 3.93. The zero-order valence-electron chi connectivity index (χ0n) is 17.1. The van der Waals surface area contributed by atoms with Crippen LogP contribution in [0.1, 0.15) is 19.7 Å². The summed E-state index contributed by atoms with van der Waals surface area (Å²) in [6.07, 6.45) is 0. The average molecular weight is 433 g/mol. The molecule has 0 N–H and O–H groups in total. The van der Waals surface area contributed by atoms with Gasteiger partial charge in [-0.25, -0.2) is 14.3 Å². The van der Waals surface area contributed by atoms with Gasteiger partial charge in [-0.3, -0.25) is 14.6 Å². The molecule has 0 aliphatic carbocycles. The molecule has 1 aromatic carbocycles. The quantitative estimate of drug-likeness (QED) is 0.714. The Kier molecular flexibility index (Phi) is 5.66. The van der Waals surface area contributed by atoms with Crippen LogP contribution < -0.4 is 10.6 Å². The molecule has 10 heteroatoms. The largest absolute Gasteiger partial charge is 0.354 e. The van der Waals surface area contributed by atoms with Crippen LogP contribution in [0.15, 0.2) is 29.1 Å². The number of carbonyl (C=O) groups is 2. The van der Waals surface area contributed by atoms with Crippen LogP contribution in [0.25, 0.3) is 0 Å². The number of fused-ring (bicyclic) bond motifs is 1. The van der Waals surface area contributed by atoms with Crippen molar-refractivity contribution in [2.45, 2.75) is 26.9 Å². The highest BCUT2D eigenvalue weighted by Crippen LogP contribution is 2.23. The number of amides is 2. The van der Waals surface area contributed by atoms with E-state index < -0.39 is 11.7 Å². The third-order valence-electron chi connectivity index (χ3n) is 5.40. The number of halogens is 1. The normalized spacial score (nSPS) is 17.1. The molecule has 30 heavy (non-hydrogen) atoms. The molecule has 2 aliphatic heterocycles. The van der Waals surface area contributed by atoms with Gasteiger partial charge in [-0.15, -0.1) is 0 Å². The van der Waals surface area contributed by atoms with Gasteiger partial charge in [-0.1, -0.05) is 25.4 Å². The maximum Gasteiger partial charge on any atom is 0.354 e. The molecule has 0 unspecified atom stereocenters. The zero-order chi connectivity index (χ0) is 21.4. The minimum Gasteiger partial charge on any atom is -0.339 e. The Morgan fingerprint density at radius 3 is 2.37 bits per heavy atom. The Balaban J connectivity index is 1.41. The van der Waals surface area contributed by atoms with E-state index in [1.54, 1.807) is 29.2 Å². The third kappa shape index (κ3) is 3.99. The van der Waals surface area contributed by atoms with Gasteiger partial charge in [0, 0.05) is 43.4 Å². The molecule has 0 saturated carbocycles. The molecule has 0 atom stereocenters. The standard InChI is InChI=1S/C20H25ClN6O3/c1-14(2)11-23-7-9-24(10-8-23)18(28)13-26-20(30)27-17(22-26)12-25(19(27)29)16-5-3-15(21)4-6-16/h3-6,14H,7-13H2,1-2H3. The van der Waals surface area contributed by atoms with Crippen molar-refractivity contribution < 1.29 is 9.59 Å². The number of hydrogen-bond acceptors (Lipinski definition) is 5. The molecule has 1 fully saturated rings. The molecule has 4 rings (SSSR count). The molecule has 9 nitrogen and oxygen atoms in total. The Hall–Kier alpha value is -2.65. The fraction of sp³-hybridized carbons (Fsp3) is 0.500. The predicted molar refractivity (Wildman–Crippen MR) is 113 cm³/mol. The van der Waals surface area contributed by atoms with Crippen molar-refractivity contribution in [1.29, 1.82) is 0 Å². The minimum absolute atomic E-state index is 0.153. The van der Waals surface area contributed by atoms with Crippen LogP contribution in [0.5, 0.6) is 0 Å². The highest BCUT2D eigenvalue weighted by molar-refractivity contribution is 6.30. The molecule has 0 radical (unpaired) electrons. The number of rotatable bonds is 5. The Bertz CT molecular complexity index is 1000. The molecule has 2 amide bonds. The number of aromatic nitrogens is 3. The SMILES string of the molecule is CC(C)CN1CCN(C(=O)Cn2nc3n(c2=O)C(=O)N(c2ccc(Cl)cc2)C3)CC1. The lowest BCUT2D eigenvalue weighted by Gasteiger charge is -2.35. The van der Waals surface area contributed by atoms with Crippen molar-refractivity contribution in [3.63, 3.8) is 0 Å². The number of anilines is 1. The van der Waals surface area contributed by atoms with Gasteiger partial charge in [0.2, 0.25) is 5.91 Å². The van der Waals surface area contributed by atoms with Crippen LogP contribution in [0.3, 0.4) is 0 Å². The van der Waals surface area contributed by atoms with Crippen molar-refractivity contribution in [2.75, 3.05) is 37.6 Å². The van der Waals surface area contributed by atoms with Crippen LogP contribution in [0.4, 0.5) is 10.5 Å². The number of piperazine rings is 1. The van der Waals surface area contributed by atoms with Crippen molar-refractivity contribution in [3.8, 4) is 0 Å². The first kappa shape index (κ1) is 20.6. The van der Waals surface area contributed by atoms with Gasteiger partial charge in [0.15, 0.2) is 5.82 Å². The number of nitrogens with zero attached hydrogens (tertiary/aromatic N) is 6. The van der Waals surface area contributed by atoms with E-state index in [-0.39, 0.29) is 19.0 Å². The van der Waals surface area contributed by atoms with Gasteiger partial charge < -0.3 is 4.90 Å². The molecule has 0 spiro atoms. The molecular weight excluding hydrogens is 408 g/mol. The van der Waals surface area contributed by atoms with Gasteiger partial charge in [-0.05, 0) is 30.2 Å². The van der Waals surface area contributed by atoms with E-state index in [1.807, 2.05) is 0 Å². The molecule has 160 valence electrons. The summed E-state index contributed by atoms with van der Waals surface area (Å²) < 4.78 is 2.12. The van der Waals surface area contributed by atoms with E-state index in [1.165, 1.54) is 4.90 Å². The van der Waals surface area contributed by atoms with E-state index in [4.69, 9.17) is 11.6 Å². The molecule has 0 bridgehead atoms. The van der Waals surface area contributed by atoms with Crippen LogP contribution in [-0.2, 0) is 17.9 Å². The zero-order valence-corrected chi connectivity index (χ0v) is 17.9. The first-order valence-corrected chi connectivity index (χ1v) is 10.5. The predicted octanol–water partition coefficient (Wildman–Crippen LogP) is 1.49. The molecule has 2 aliphatic rings. The molecule has 3 heterocycles. The summed E-state index contributed by atoms with van der Waals surface area (Å²) in [6.45, 7) is 8.31. The fourth-order valence-corrected chi connectivity index (χ4v) is 4.05. The minimum atomic E-state index is -0.585. The van der Waals surface area contributed by atoms with Crippen molar-refractivity contribution in [1.82, 2.24) is 24.1 Å². The van der Waals surface area contributed by atoms with E-state index in [0.29, 0.717) is 35.5 Å². The summed E-state index contributed by atoms with van der Waals surface area (Å²) in [6, 6.07) is 6.33. The maximum absolute atomic E-state index is 12.7. The van der Waals surface area contributed by atoms with Crippen molar-refractivity contribution >= 4 is 29.2 Å². The van der Waals surface area contributed by atoms with Crippen LogP contribution in [-0.4, -0.2) is 68.8 Å². The summed E-state index contributed by atoms with van der Waals surface area (Å²) in [5, 5.41) is 4.81. The maximum atomic E-state index is 12.7. The van der Waals surface area contributed by atoms with Gasteiger partial charge in [0.05, 0.1) is 6.54 Å². The van der Waals surface area contributed by atoms with Crippen LogP contribution in [0.2, 0.25) is 5.02 Å². The highest BCUT2D eigenvalue weighted by Gasteiger charge is 2.34. The molecule has 1 aromatic heterocycles.